The molecule has 1 aliphatic rings. The molecule has 0 radical (unpaired) electrons. The Balaban J connectivity index is 1.65. The summed E-state index contributed by atoms with van der Waals surface area (Å²) in [5, 5.41) is 0. The Kier molecular flexibility index (Phi) is 6.85. The molecule has 1 aliphatic heterocycles. The molecule has 0 bridgehead atoms. The molecule has 1 amide bonds. The van der Waals surface area contributed by atoms with Crippen LogP contribution in [0.5, 0.6) is 0 Å². The van der Waals surface area contributed by atoms with Crippen LogP contribution in [-0.2, 0) is 0 Å². The molecule has 0 unspecified atom stereocenters. The van der Waals surface area contributed by atoms with Gasteiger partial charge in [0.15, 0.2) is 0 Å². The number of rotatable bonds is 7. The third-order valence-electron chi connectivity index (χ3n) is 5.12. The largest absolute Gasteiger partial charge is 0.368 e. The maximum absolute atomic E-state index is 13.0. The summed E-state index contributed by atoms with van der Waals surface area (Å²) >= 11 is 0. The Hall–Kier alpha value is -2.63. The van der Waals surface area contributed by atoms with Gasteiger partial charge in [0.2, 0.25) is 0 Å². The molecule has 2 aromatic rings. The second-order valence-corrected chi connectivity index (χ2v) is 7.37. The standard InChI is InChI=1S/C22H31N5O/c1-4-9-26(10-5-2)21-16-20(23-17-24-21)22(28)27-13-11-25(12-14-27)19-8-6-7-18(3)15-19/h6-8,15-17H,4-5,9-14H2,1-3H3. The number of carbonyl (C=O) groups is 1. The van der Waals surface area contributed by atoms with Gasteiger partial charge in [-0.3, -0.25) is 4.79 Å². The summed E-state index contributed by atoms with van der Waals surface area (Å²) in [5.74, 6) is 0.848. The summed E-state index contributed by atoms with van der Waals surface area (Å²) in [6.07, 6.45) is 3.62. The average Bonchev–Trinajstić information content (AvgIpc) is 2.73. The molecule has 150 valence electrons. The Morgan fingerprint density at radius 1 is 1.04 bits per heavy atom. The lowest BCUT2D eigenvalue weighted by molar-refractivity contribution is 0.0740. The first-order valence-corrected chi connectivity index (χ1v) is 10.3. The van der Waals surface area contributed by atoms with Gasteiger partial charge in [-0.2, -0.15) is 0 Å². The molecule has 1 aromatic carbocycles. The molecule has 0 aliphatic carbocycles. The van der Waals surface area contributed by atoms with E-state index in [-0.39, 0.29) is 5.91 Å². The van der Waals surface area contributed by atoms with Crippen LogP contribution >= 0.6 is 0 Å². The number of hydrogen-bond acceptors (Lipinski definition) is 5. The summed E-state index contributed by atoms with van der Waals surface area (Å²) in [6.45, 7) is 11.4. The minimum atomic E-state index is 0.000453. The minimum absolute atomic E-state index is 0.000453. The van der Waals surface area contributed by atoms with Crippen LogP contribution in [0.25, 0.3) is 0 Å². The van der Waals surface area contributed by atoms with Gasteiger partial charge in [-0.05, 0) is 37.5 Å². The molecule has 0 saturated carbocycles. The first-order chi connectivity index (χ1) is 13.6. The molecule has 6 nitrogen and oxygen atoms in total. The molecular formula is C22H31N5O. The van der Waals surface area contributed by atoms with E-state index in [1.807, 2.05) is 11.0 Å². The number of nitrogens with zero attached hydrogens (tertiary/aromatic N) is 5. The van der Waals surface area contributed by atoms with Gasteiger partial charge in [-0.1, -0.05) is 26.0 Å². The number of aryl methyl sites for hydroxylation is 1. The summed E-state index contributed by atoms with van der Waals surface area (Å²) in [4.78, 5) is 28.1. The average molecular weight is 382 g/mol. The molecule has 2 heterocycles. The summed E-state index contributed by atoms with van der Waals surface area (Å²) in [6, 6.07) is 10.4. The van der Waals surface area contributed by atoms with Crippen molar-refractivity contribution in [3.05, 3.63) is 47.9 Å². The highest BCUT2D eigenvalue weighted by Crippen LogP contribution is 2.19. The van der Waals surface area contributed by atoms with Crippen molar-refractivity contribution in [3.8, 4) is 0 Å². The molecule has 0 N–H and O–H groups in total. The molecule has 1 fully saturated rings. The molecule has 28 heavy (non-hydrogen) atoms. The van der Waals surface area contributed by atoms with Crippen molar-refractivity contribution in [1.29, 1.82) is 0 Å². The number of carbonyl (C=O) groups excluding carboxylic acids is 1. The predicted octanol–water partition coefficient (Wildman–Crippen LogP) is 3.37. The Morgan fingerprint density at radius 2 is 1.75 bits per heavy atom. The van der Waals surface area contributed by atoms with E-state index in [9.17, 15) is 4.79 Å². The van der Waals surface area contributed by atoms with Crippen molar-refractivity contribution in [3.63, 3.8) is 0 Å². The quantitative estimate of drug-likeness (QED) is 0.736. The molecule has 3 rings (SSSR count). The summed E-state index contributed by atoms with van der Waals surface area (Å²) in [7, 11) is 0. The zero-order chi connectivity index (χ0) is 19.9. The smallest absolute Gasteiger partial charge is 0.272 e. The van der Waals surface area contributed by atoms with Gasteiger partial charge < -0.3 is 14.7 Å². The van der Waals surface area contributed by atoms with Crippen molar-refractivity contribution in [2.75, 3.05) is 49.1 Å². The number of benzene rings is 1. The van der Waals surface area contributed by atoms with Crippen molar-refractivity contribution in [2.45, 2.75) is 33.6 Å². The van der Waals surface area contributed by atoms with Crippen molar-refractivity contribution in [1.82, 2.24) is 14.9 Å². The Bertz CT molecular complexity index is 780. The molecule has 0 spiro atoms. The predicted molar refractivity (Wildman–Crippen MR) is 114 cm³/mol. The summed E-state index contributed by atoms with van der Waals surface area (Å²) < 4.78 is 0. The first kappa shape index (κ1) is 20.1. The van der Waals surface area contributed by atoms with Gasteiger partial charge in [0, 0.05) is 51.0 Å². The van der Waals surface area contributed by atoms with E-state index < -0.39 is 0 Å². The maximum Gasteiger partial charge on any atom is 0.272 e. The van der Waals surface area contributed by atoms with E-state index in [1.54, 1.807) is 0 Å². The maximum atomic E-state index is 13.0. The van der Waals surface area contributed by atoms with Gasteiger partial charge in [0.05, 0.1) is 0 Å². The van der Waals surface area contributed by atoms with Crippen molar-refractivity contribution >= 4 is 17.4 Å². The van der Waals surface area contributed by atoms with Crippen LogP contribution in [0.1, 0.15) is 42.7 Å². The number of aromatic nitrogens is 2. The number of anilines is 2. The molecule has 0 atom stereocenters. The minimum Gasteiger partial charge on any atom is -0.368 e. The lowest BCUT2D eigenvalue weighted by Gasteiger charge is -2.36. The van der Waals surface area contributed by atoms with Crippen LogP contribution in [0.4, 0.5) is 11.5 Å². The fourth-order valence-corrected chi connectivity index (χ4v) is 3.67. The fraction of sp³-hybridized carbons (Fsp3) is 0.500. The SMILES string of the molecule is CCCN(CCC)c1cc(C(=O)N2CCN(c3cccc(C)c3)CC2)ncn1. The highest BCUT2D eigenvalue weighted by atomic mass is 16.2. The van der Waals surface area contributed by atoms with Crippen molar-refractivity contribution < 1.29 is 4.79 Å². The first-order valence-electron chi connectivity index (χ1n) is 10.3. The van der Waals surface area contributed by atoms with E-state index >= 15 is 0 Å². The van der Waals surface area contributed by atoms with E-state index in [1.165, 1.54) is 17.6 Å². The number of hydrogen-bond donors (Lipinski definition) is 0. The van der Waals surface area contributed by atoms with Crippen molar-refractivity contribution in [2.24, 2.45) is 0 Å². The molecule has 1 aromatic heterocycles. The second kappa shape index (κ2) is 9.53. The van der Waals surface area contributed by atoms with E-state index in [0.717, 1.165) is 44.8 Å². The molecule has 6 heteroatoms. The fourth-order valence-electron chi connectivity index (χ4n) is 3.67. The van der Waals surface area contributed by atoms with Gasteiger partial charge >= 0.3 is 0 Å². The van der Waals surface area contributed by atoms with Crippen LogP contribution in [0.15, 0.2) is 36.7 Å². The van der Waals surface area contributed by atoms with E-state index in [2.05, 4.69) is 64.8 Å². The zero-order valence-electron chi connectivity index (χ0n) is 17.3. The van der Waals surface area contributed by atoms with E-state index in [4.69, 9.17) is 0 Å². The second-order valence-electron chi connectivity index (χ2n) is 7.37. The van der Waals surface area contributed by atoms with E-state index in [0.29, 0.717) is 18.8 Å². The highest BCUT2D eigenvalue weighted by molar-refractivity contribution is 5.93. The Morgan fingerprint density at radius 3 is 2.39 bits per heavy atom. The van der Waals surface area contributed by atoms with Gasteiger partial charge in [-0.25, -0.2) is 9.97 Å². The zero-order valence-corrected chi connectivity index (χ0v) is 17.3. The lowest BCUT2D eigenvalue weighted by Crippen LogP contribution is -2.49. The van der Waals surface area contributed by atoms with Crippen LogP contribution in [-0.4, -0.2) is 60.0 Å². The monoisotopic (exact) mass is 381 g/mol. The Labute approximate surface area is 168 Å². The third-order valence-corrected chi connectivity index (χ3v) is 5.12. The third kappa shape index (κ3) is 4.80. The van der Waals surface area contributed by atoms with Gasteiger partial charge in [0.1, 0.15) is 17.8 Å². The molecular weight excluding hydrogens is 350 g/mol. The van der Waals surface area contributed by atoms with Gasteiger partial charge in [0.25, 0.3) is 5.91 Å². The summed E-state index contributed by atoms with van der Waals surface area (Å²) in [5.41, 5.74) is 2.98. The number of amides is 1. The van der Waals surface area contributed by atoms with Crippen LogP contribution < -0.4 is 9.80 Å². The van der Waals surface area contributed by atoms with Crippen LogP contribution in [0, 0.1) is 6.92 Å². The topological polar surface area (TPSA) is 52.6 Å². The number of piperazine rings is 1. The highest BCUT2D eigenvalue weighted by Gasteiger charge is 2.24. The lowest BCUT2D eigenvalue weighted by atomic mass is 10.2. The normalized spacial score (nSPS) is 14.2. The van der Waals surface area contributed by atoms with Crippen LogP contribution in [0.2, 0.25) is 0 Å². The van der Waals surface area contributed by atoms with Crippen LogP contribution in [0.3, 0.4) is 0 Å². The van der Waals surface area contributed by atoms with Gasteiger partial charge in [-0.15, -0.1) is 0 Å². The molecule has 1 saturated heterocycles.